The summed E-state index contributed by atoms with van der Waals surface area (Å²) in [5, 5.41) is 23.5. The molecular weight excluding hydrogens is 530 g/mol. The monoisotopic (exact) mass is 551 g/mol. The molecule has 0 fully saturated rings. The highest BCUT2D eigenvalue weighted by atomic mass is 79.9. The van der Waals surface area contributed by atoms with Crippen LogP contribution in [0.4, 0.5) is 5.69 Å². The number of halogens is 1. The number of aromatic nitrogens is 3. The molecule has 1 N–H and O–H groups in total. The van der Waals surface area contributed by atoms with Gasteiger partial charge in [-0.3, -0.25) is 19.5 Å². The molecule has 0 saturated carbocycles. The van der Waals surface area contributed by atoms with Crippen LogP contribution in [0.25, 0.3) is 5.69 Å². The van der Waals surface area contributed by atoms with Crippen LogP contribution in [0.2, 0.25) is 0 Å². The van der Waals surface area contributed by atoms with E-state index in [1.807, 2.05) is 60.0 Å². The zero-order chi connectivity index (χ0) is 24.9. The molecule has 0 aliphatic heterocycles. The van der Waals surface area contributed by atoms with Crippen LogP contribution in [-0.4, -0.2) is 25.6 Å². The largest absolute Gasteiger partial charge is 0.345 e. The number of nitrogens with zero attached hydrogens (tertiary/aromatic N) is 4. The number of thioether (sulfide) groups is 1. The lowest BCUT2D eigenvalue weighted by Crippen LogP contribution is -2.25. The molecule has 35 heavy (non-hydrogen) atoms. The highest BCUT2D eigenvalue weighted by Gasteiger charge is 2.20. The molecule has 0 atom stereocenters. The first-order valence-electron chi connectivity index (χ1n) is 10.7. The van der Waals surface area contributed by atoms with E-state index in [1.54, 1.807) is 24.8 Å². The molecule has 10 heteroatoms. The number of rotatable bonds is 8. The number of carbonyl (C=O) groups is 1. The molecule has 3 aromatic carbocycles. The maximum absolute atomic E-state index is 12.9. The number of nitro groups is 1. The van der Waals surface area contributed by atoms with Gasteiger partial charge in [-0.05, 0) is 55.3 Å². The maximum Gasteiger partial charge on any atom is 0.273 e. The average molecular weight is 552 g/mol. The Bertz CT molecular complexity index is 1390. The number of benzene rings is 3. The number of hydrogen-bond donors (Lipinski definition) is 1. The predicted molar refractivity (Wildman–Crippen MR) is 139 cm³/mol. The van der Waals surface area contributed by atoms with Crippen molar-refractivity contribution in [3.63, 3.8) is 0 Å². The summed E-state index contributed by atoms with van der Waals surface area (Å²) >= 11 is 5.01. The van der Waals surface area contributed by atoms with E-state index in [1.165, 1.54) is 12.1 Å². The Morgan fingerprint density at radius 1 is 1.09 bits per heavy atom. The van der Waals surface area contributed by atoms with Crippen molar-refractivity contribution in [2.75, 3.05) is 0 Å². The zero-order valence-corrected chi connectivity index (χ0v) is 21.5. The van der Waals surface area contributed by atoms with Crippen LogP contribution in [0.15, 0.2) is 76.4 Å². The van der Waals surface area contributed by atoms with Crippen molar-refractivity contribution in [2.45, 2.75) is 31.3 Å². The molecule has 1 aromatic heterocycles. The van der Waals surface area contributed by atoms with Crippen LogP contribution in [0, 0.1) is 24.0 Å². The number of nitrogens with one attached hydrogen (secondary N) is 1. The Labute approximate surface area is 215 Å². The van der Waals surface area contributed by atoms with Crippen LogP contribution in [0.5, 0.6) is 0 Å². The summed E-state index contributed by atoms with van der Waals surface area (Å²) in [7, 11) is 0. The molecule has 0 saturated heterocycles. The Morgan fingerprint density at radius 3 is 2.54 bits per heavy atom. The van der Waals surface area contributed by atoms with Crippen LogP contribution in [-0.2, 0) is 12.3 Å². The Balaban J connectivity index is 1.59. The van der Waals surface area contributed by atoms with Gasteiger partial charge in [0.1, 0.15) is 0 Å². The standard InChI is InChI=1S/C25H22BrN5O3S/c1-16-5-3-6-20(13-16)30-23(28-29-25(30)35-15-18-9-11-19(26)12-10-18)14-27-24(32)21-7-4-8-22(17(21)2)31(33)34/h3-13H,14-15H2,1-2H3,(H,27,32). The minimum atomic E-state index is -0.491. The van der Waals surface area contributed by atoms with E-state index in [0.717, 1.165) is 21.3 Å². The summed E-state index contributed by atoms with van der Waals surface area (Å²) < 4.78 is 2.95. The van der Waals surface area contributed by atoms with Crippen LogP contribution < -0.4 is 5.32 Å². The number of amides is 1. The number of carbonyl (C=O) groups excluding carboxylic acids is 1. The van der Waals surface area contributed by atoms with E-state index in [0.29, 0.717) is 22.3 Å². The van der Waals surface area contributed by atoms with Gasteiger partial charge in [0.2, 0.25) is 0 Å². The molecule has 0 aliphatic carbocycles. The first-order chi connectivity index (χ1) is 16.8. The van der Waals surface area contributed by atoms with E-state index in [9.17, 15) is 14.9 Å². The summed E-state index contributed by atoms with van der Waals surface area (Å²) in [5.41, 5.74) is 3.61. The molecule has 0 radical (unpaired) electrons. The van der Waals surface area contributed by atoms with Gasteiger partial charge in [0.05, 0.1) is 11.5 Å². The second kappa shape index (κ2) is 10.8. The van der Waals surface area contributed by atoms with Crippen molar-refractivity contribution in [3.8, 4) is 5.69 Å². The quantitative estimate of drug-likeness (QED) is 0.169. The molecule has 0 spiro atoms. The lowest BCUT2D eigenvalue weighted by Gasteiger charge is -2.12. The second-order valence-electron chi connectivity index (χ2n) is 7.88. The molecule has 8 nitrogen and oxygen atoms in total. The summed E-state index contributed by atoms with van der Waals surface area (Å²) in [6.07, 6.45) is 0. The smallest absolute Gasteiger partial charge is 0.273 e. The fourth-order valence-corrected chi connectivity index (χ4v) is 4.78. The third kappa shape index (κ3) is 5.77. The van der Waals surface area contributed by atoms with Gasteiger partial charge in [0.15, 0.2) is 11.0 Å². The third-order valence-electron chi connectivity index (χ3n) is 5.40. The molecule has 1 heterocycles. The van der Waals surface area contributed by atoms with Gasteiger partial charge in [-0.25, -0.2) is 0 Å². The van der Waals surface area contributed by atoms with Crippen LogP contribution in [0.3, 0.4) is 0 Å². The Morgan fingerprint density at radius 2 is 1.83 bits per heavy atom. The fraction of sp³-hybridized carbons (Fsp3) is 0.160. The van der Waals surface area contributed by atoms with Crippen molar-refractivity contribution in [1.82, 2.24) is 20.1 Å². The molecular formula is C25H22BrN5O3S. The average Bonchev–Trinajstić information content (AvgIpc) is 3.25. The molecule has 0 aliphatic rings. The SMILES string of the molecule is Cc1cccc(-n2c(CNC(=O)c3cccc([N+](=O)[O-])c3C)nnc2SCc2ccc(Br)cc2)c1. The van der Waals surface area contributed by atoms with Crippen molar-refractivity contribution in [2.24, 2.45) is 0 Å². The Kier molecular flexibility index (Phi) is 7.62. The van der Waals surface area contributed by atoms with Crippen LogP contribution in [0.1, 0.15) is 32.9 Å². The van der Waals surface area contributed by atoms with Gasteiger partial charge >= 0.3 is 0 Å². The number of aryl methyl sites for hydroxylation is 1. The molecule has 0 bridgehead atoms. The summed E-state index contributed by atoms with van der Waals surface area (Å²) in [5.74, 6) is 0.857. The minimum absolute atomic E-state index is 0.0906. The normalized spacial score (nSPS) is 10.8. The van der Waals surface area contributed by atoms with Gasteiger partial charge < -0.3 is 5.32 Å². The van der Waals surface area contributed by atoms with Crippen molar-refractivity contribution in [1.29, 1.82) is 0 Å². The summed E-state index contributed by atoms with van der Waals surface area (Å²) in [6, 6.07) is 20.5. The summed E-state index contributed by atoms with van der Waals surface area (Å²) in [6.45, 7) is 3.69. The lowest BCUT2D eigenvalue weighted by atomic mass is 10.1. The second-order valence-corrected chi connectivity index (χ2v) is 9.74. The van der Waals surface area contributed by atoms with Gasteiger partial charge in [-0.15, -0.1) is 10.2 Å². The van der Waals surface area contributed by atoms with E-state index >= 15 is 0 Å². The van der Waals surface area contributed by atoms with Gasteiger partial charge in [0.25, 0.3) is 11.6 Å². The fourth-order valence-electron chi connectivity index (χ4n) is 3.58. The van der Waals surface area contributed by atoms with Crippen molar-refractivity contribution < 1.29 is 9.72 Å². The van der Waals surface area contributed by atoms with Gasteiger partial charge in [-0.2, -0.15) is 0 Å². The molecule has 1 amide bonds. The van der Waals surface area contributed by atoms with Crippen LogP contribution >= 0.6 is 27.7 Å². The molecule has 0 unspecified atom stereocenters. The number of hydrogen-bond acceptors (Lipinski definition) is 6. The van der Waals surface area contributed by atoms with Crippen molar-refractivity contribution in [3.05, 3.63) is 109 Å². The maximum atomic E-state index is 12.9. The first kappa shape index (κ1) is 24.6. The predicted octanol–water partition coefficient (Wildman–Crippen LogP) is 5.78. The van der Waals surface area contributed by atoms with E-state index < -0.39 is 10.8 Å². The summed E-state index contributed by atoms with van der Waals surface area (Å²) in [4.78, 5) is 23.6. The van der Waals surface area contributed by atoms with E-state index in [-0.39, 0.29) is 17.8 Å². The molecule has 4 rings (SSSR count). The highest BCUT2D eigenvalue weighted by molar-refractivity contribution is 9.10. The van der Waals surface area contributed by atoms with E-state index in [2.05, 4.69) is 31.4 Å². The zero-order valence-electron chi connectivity index (χ0n) is 19.1. The minimum Gasteiger partial charge on any atom is -0.345 e. The van der Waals surface area contributed by atoms with Crippen molar-refractivity contribution >= 4 is 39.3 Å². The van der Waals surface area contributed by atoms with Gasteiger partial charge in [0, 0.05) is 33.1 Å². The lowest BCUT2D eigenvalue weighted by molar-refractivity contribution is -0.385. The third-order valence-corrected chi connectivity index (χ3v) is 6.92. The first-order valence-corrected chi connectivity index (χ1v) is 12.5. The topological polar surface area (TPSA) is 103 Å². The number of nitro benzene ring substituents is 1. The van der Waals surface area contributed by atoms with E-state index in [4.69, 9.17) is 0 Å². The highest BCUT2D eigenvalue weighted by Crippen LogP contribution is 2.27. The Hall–Kier alpha value is -3.50. The molecule has 178 valence electrons. The van der Waals surface area contributed by atoms with Gasteiger partial charge in [-0.1, -0.05) is 58.0 Å². The molecule has 4 aromatic rings.